The van der Waals surface area contributed by atoms with Crippen LogP contribution in [0.2, 0.25) is 0 Å². The first-order valence-electron chi connectivity index (χ1n) is 9.16. The largest absolute Gasteiger partial charge is 0.497 e. The number of ether oxygens (including phenoxy) is 1. The number of halogens is 1. The molecule has 2 amide bonds. The lowest BCUT2D eigenvalue weighted by Gasteiger charge is -2.14. The van der Waals surface area contributed by atoms with Crippen LogP contribution in [0.3, 0.4) is 0 Å². The lowest BCUT2D eigenvalue weighted by atomic mass is 10.1. The number of hydrogen-bond donors (Lipinski definition) is 0. The molecule has 0 unspecified atom stereocenters. The maximum atomic E-state index is 13.3. The summed E-state index contributed by atoms with van der Waals surface area (Å²) in [5.74, 6) is -0.620. The molecule has 0 spiro atoms. The van der Waals surface area contributed by atoms with E-state index in [9.17, 15) is 14.0 Å². The Labute approximate surface area is 170 Å². The lowest BCUT2D eigenvalue weighted by molar-refractivity contribution is 0.0926. The van der Waals surface area contributed by atoms with E-state index in [2.05, 4.69) is 10.1 Å². The molecule has 0 aliphatic carbocycles. The van der Waals surface area contributed by atoms with Crippen LogP contribution < -0.4 is 9.64 Å². The Morgan fingerprint density at radius 2 is 1.60 bits per heavy atom. The first-order chi connectivity index (χ1) is 14.5. The van der Waals surface area contributed by atoms with Gasteiger partial charge >= 0.3 is 0 Å². The quantitative estimate of drug-likeness (QED) is 0.489. The fraction of sp³-hybridized carbons (Fsp3) is 0.0909. The van der Waals surface area contributed by atoms with E-state index in [0.29, 0.717) is 33.9 Å². The van der Waals surface area contributed by atoms with Gasteiger partial charge in [-0.3, -0.25) is 9.59 Å². The van der Waals surface area contributed by atoms with Crippen molar-refractivity contribution in [1.29, 1.82) is 0 Å². The molecule has 8 heteroatoms. The summed E-state index contributed by atoms with van der Waals surface area (Å²) in [5.41, 5.74) is 2.52. The number of carbonyl (C=O) groups excluding carboxylic acids is 2. The number of rotatable bonds is 3. The summed E-state index contributed by atoms with van der Waals surface area (Å²) >= 11 is 0. The van der Waals surface area contributed by atoms with E-state index in [4.69, 9.17) is 4.74 Å². The highest BCUT2D eigenvalue weighted by Crippen LogP contribution is 2.35. The monoisotopic (exact) mass is 402 g/mol. The molecule has 0 bridgehead atoms. The van der Waals surface area contributed by atoms with Gasteiger partial charge in [-0.1, -0.05) is 0 Å². The van der Waals surface area contributed by atoms with Gasteiger partial charge in [-0.2, -0.15) is 5.10 Å². The van der Waals surface area contributed by atoms with Crippen molar-refractivity contribution in [2.45, 2.75) is 6.92 Å². The Morgan fingerprint density at radius 1 is 0.933 bits per heavy atom. The summed E-state index contributed by atoms with van der Waals surface area (Å²) in [6, 6.07) is 12.5. The fourth-order valence-corrected chi connectivity index (χ4v) is 3.69. The maximum absolute atomic E-state index is 13.3. The molecule has 0 atom stereocenters. The molecule has 0 saturated carbocycles. The number of anilines is 1. The molecule has 30 heavy (non-hydrogen) atoms. The van der Waals surface area contributed by atoms with Crippen LogP contribution in [-0.4, -0.2) is 33.7 Å². The van der Waals surface area contributed by atoms with Gasteiger partial charge in [0.1, 0.15) is 11.6 Å². The van der Waals surface area contributed by atoms with E-state index in [1.807, 2.05) is 0 Å². The van der Waals surface area contributed by atoms with Gasteiger partial charge in [0.15, 0.2) is 5.65 Å². The van der Waals surface area contributed by atoms with E-state index < -0.39 is 11.8 Å². The molecule has 1 aliphatic rings. The number of aromatic nitrogens is 3. The fourth-order valence-electron chi connectivity index (χ4n) is 3.69. The summed E-state index contributed by atoms with van der Waals surface area (Å²) in [6.07, 6.45) is 1.39. The number of methoxy groups -OCH3 is 1. The van der Waals surface area contributed by atoms with Gasteiger partial charge in [0.2, 0.25) is 0 Å². The van der Waals surface area contributed by atoms with E-state index in [0.717, 1.165) is 4.90 Å². The second-order valence-electron chi connectivity index (χ2n) is 6.86. The second-order valence-corrected chi connectivity index (χ2v) is 6.86. The first kappa shape index (κ1) is 18.0. The van der Waals surface area contributed by atoms with E-state index in [1.165, 1.54) is 23.0 Å². The first-order valence-corrected chi connectivity index (χ1v) is 9.16. The van der Waals surface area contributed by atoms with Crippen molar-refractivity contribution in [3.63, 3.8) is 0 Å². The average Bonchev–Trinajstić information content (AvgIpc) is 3.23. The van der Waals surface area contributed by atoms with Gasteiger partial charge in [-0.15, -0.1) is 0 Å². The highest BCUT2D eigenvalue weighted by Gasteiger charge is 2.40. The minimum Gasteiger partial charge on any atom is -0.497 e. The molecule has 2 aromatic carbocycles. The lowest BCUT2D eigenvalue weighted by Crippen LogP contribution is -2.29. The third kappa shape index (κ3) is 2.50. The standard InChI is InChI=1S/C22H15FN4O3/c1-12-18-19-17(11-24-20(18)27(25-12)15-5-3-13(23)4-6-15)21(28)26(22(19)29)14-7-9-16(30-2)10-8-14/h3-11H,1-2H3. The number of fused-ring (bicyclic) bond motifs is 3. The molecule has 2 aromatic heterocycles. The predicted octanol–water partition coefficient (Wildman–Crippen LogP) is 3.68. The molecule has 0 N–H and O–H groups in total. The van der Waals surface area contributed by atoms with Crippen molar-refractivity contribution >= 4 is 28.5 Å². The van der Waals surface area contributed by atoms with Crippen molar-refractivity contribution in [2.75, 3.05) is 12.0 Å². The molecule has 4 aromatic rings. The van der Waals surface area contributed by atoms with Crippen LogP contribution in [-0.2, 0) is 0 Å². The molecule has 148 valence electrons. The molecule has 0 radical (unpaired) electrons. The summed E-state index contributed by atoms with van der Waals surface area (Å²) in [6.45, 7) is 1.75. The van der Waals surface area contributed by atoms with Gasteiger partial charge in [0, 0.05) is 6.20 Å². The third-order valence-corrected chi connectivity index (χ3v) is 5.12. The van der Waals surface area contributed by atoms with Crippen molar-refractivity contribution in [2.24, 2.45) is 0 Å². The van der Waals surface area contributed by atoms with E-state index in [-0.39, 0.29) is 16.9 Å². The normalized spacial score (nSPS) is 13.2. The minimum absolute atomic E-state index is 0.227. The number of aryl methyl sites for hydroxylation is 1. The Morgan fingerprint density at radius 3 is 2.27 bits per heavy atom. The van der Waals surface area contributed by atoms with Crippen molar-refractivity contribution in [3.8, 4) is 11.4 Å². The number of nitrogens with zero attached hydrogens (tertiary/aromatic N) is 4. The zero-order valence-electron chi connectivity index (χ0n) is 16.1. The van der Waals surface area contributed by atoms with Crippen LogP contribution in [0, 0.1) is 12.7 Å². The van der Waals surface area contributed by atoms with Crippen LogP contribution in [0.25, 0.3) is 16.7 Å². The Balaban J connectivity index is 1.67. The van der Waals surface area contributed by atoms with Crippen LogP contribution in [0.1, 0.15) is 26.4 Å². The van der Waals surface area contributed by atoms with E-state index in [1.54, 1.807) is 50.4 Å². The Bertz CT molecular complexity index is 1330. The second kappa shape index (κ2) is 6.48. The van der Waals surface area contributed by atoms with E-state index >= 15 is 0 Å². The van der Waals surface area contributed by atoms with Gasteiger partial charge in [-0.05, 0) is 55.5 Å². The van der Waals surface area contributed by atoms with Gasteiger partial charge in [-0.25, -0.2) is 19.0 Å². The molecular weight excluding hydrogens is 387 g/mol. The van der Waals surface area contributed by atoms with Gasteiger partial charge in [0.05, 0.1) is 40.7 Å². The molecule has 5 rings (SSSR count). The zero-order chi connectivity index (χ0) is 21.0. The maximum Gasteiger partial charge on any atom is 0.267 e. The molecule has 0 fully saturated rings. The number of pyridine rings is 1. The van der Waals surface area contributed by atoms with Crippen LogP contribution in [0.5, 0.6) is 5.75 Å². The van der Waals surface area contributed by atoms with Crippen LogP contribution in [0.15, 0.2) is 54.7 Å². The summed E-state index contributed by atoms with van der Waals surface area (Å²) in [7, 11) is 1.54. The van der Waals surface area contributed by atoms with Crippen molar-refractivity contribution in [3.05, 3.63) is 77.4 Å². The summed E-state index contributed by atoms with van der Waals surface area (Å²) in [4.78, 5) is 31.8. The highest BCUT2D eigenvalue weighted by atomic mass is 19.1. The van der Waals surface area contributed by atoms with Crippen molar-refractivity contribution < 1.29 is 18.7 Å². The number of benzene rings is 2. The zero-order valence-corrected chi connectivity index (χ0v) is 16.1. The van der Waals surface area contributed by atoms with Crippen molar-refractivity contribution in [1.82, 2.24) is 14.8 Å². The van der Waals surface area contributed by atoms with Crippen LogP contribution >= 0.6 is 0 Å². The Hall–Kier alpha value is -4.07. The van der Waals surface area contributed by atoms with Gasteiger partial charge in [0.25, 0.3) is 11.8 Å². The average molecular weight is 402 g/mol. The molecule has 0 saturated heterocycles. The molecule has 1 aliphatic heterocycles. The molecule has 7 nitrogen and oxygen atoms in total. The summed E-state index contributed by atoms with van der Waals surface area (Å²) in [5, 5.41) is 4.99. The highest BCUT2D eigenvalue weighted by molar-refractivity contribution is 6.37. The van der Waals surface area contributed by atoms with Gasteiger partial charge < -0.3 is 4.74 Å². The molecular formula is C22H15FN4O3. The number of amides is 2. The smallest absolute Gasteiger partial charge is 0.267 e. The van der Waals surface area contributed by atoms with Crippen LogP contribution in [0.4, 0.5) is 10.1 Å². The predicted molar refractivity (Wildman–Crippen MR) is 108 cm³/mol. The SMILES string of the molecule is COc1ccc(N2C(=O)c3cnc4c(c(C)nn4-c4ccc(F)cc4)c3C2=O)cc1. The number of imide groups is 1. The minimum atomic E-state index is -0.441. The summed E-state index contributed by atoms with van der Waals surface area (Å²) < 4.78 is 20.0. The number of hydrogen-bond acceptors (Lipinski definition) is 5. The Kier molecular flexibility index (Phi) is 3.89. The topological polar surface area (TPSA) is 77.3 Å². The third-order valence-electron chi connectivity index (χ3n) is 5.12. The molecule has 3 heterocycles. The number of carbonyl (C=O) groups is 2.